The van der Waals surface area contributed by atoms with E-state index in [1.165, 1.54) is 23.5 Å². The number of nitrogens with zero attached hydrogens (tertiary/aromatic N) is 2. The second-order valence-corrected chi connectivity index (χ2v) is 7.39. The van der Waals surface area contributed by atoms with Crippen molar-refractivity contribution in [2.24, 2.45) is 5.92 Å². The van der Waals surface area contributed by atoms with Crippen molar-refractivity contribution in [1.29, 1.82) is 0 Å². The van der Waals surface area contributed by atoms with Gasteiger partial charge in [-0.05, 0) is 30.5 Å². The topological polar surface area (TPSA) is 42.4 Å². The van der Waals surface area contributed by atoms with Crippen molar-refractivity contribution in [3.63, 3.8) is 0 Å². The monoisotopic (exact) mass is 368 g/mol. The molecule has 0 saturated carbocycles. The fraction of sp³-hybridized carbons (Fsp3) is 0.444. The Balaban J connectivity index is 2.03. The Bertz CT molecular complexity index is 714. The molecule has 136 valence electrons. The molecule has 1 amide bonds. The number of thiazole rings is 1. The van der Waals surface area contributed by atoms with Crippen LogP contribution in [0.25, 0.3) is 0 Å². The molecule has 0 fully saturated rings. The lowest BCUT2D eigenvalue weighted by molar-refractivity contribution is -0.0498. The number of aromatic nitrogens is 1. The fourth-order valence-corrected chi connectivity index (χ4v) is 3.65. The van der Waals surface area contributed by atoms with Gasteiger partial charge in [-0.25, -0.2) is 4.98 Å². The highest BCUT2D eigenvalue weighted by atomic mass is 32.1. The lowest BCUT2D eigenvalue weighted by atomic mass is 10.1. The van der Waals surface area contributed by atoms with Crippen LogP contribution in [0.15, 0.2) is 24.3 Å². The summed E-state index contributed by atoms with van der Waals surface area (Å²) >= 11 is 1.44. The van der Waals surface area contributed by atoms with Gasteiger partial charge in [-0.3, -0.25) is 4.79 Å². The molecule has 0 aliphatic carbocycles. The number of aryl methyl sites for hydroxylation is 1. The van der Waals surface area contributed by atoms with Gasteiger partial charge < -0.3 is 9.64 Å². The van der Waals surface area contributed by atoms with E-state index >= 15 is 0 Å². The van der Waals surface area contributed by atoms with E-state index in [-0.39, 0.29) is 11.7 Å². The van der Waals surface area contributed by atoms with E-state index in [0.29, 0.717) is 17.3 Å². The molecule has 7 heteroatoms. The van der Waals surface area contributed by atoms with E-state index in [0.717, 1.165) is 22.7 Å². The minimum atomic E-state index is -2.84. The van der Waals surface area contributed by atoms with Crippen LogP contribution in [0.5, 0.6) is 5.75 Å². The van der Waals surface area contributed by atoms with E-state index in [2.05, 4.69) is 23.6 Å². The van der Waals surface area contributed by atoms with Gasteiger partial charge in [0.2, 0.25) is 0 Å². The van der Waals surface area contributed by atoms with Crippen LogP contribution in [-0.4, -0.2) is 29.5 Å². The number of hydrogen-bond acceptors (Lipinski definition) is 4. The number of carbonyl (C=O) groups is 1. The van der Waals surface area contributed by atoms with Crippen molar-refractivity contribution in [2.45, 2.75) is 40.3 Å². The molecule has 0 radical (unpaired) electrons. The van der Waals surface area contributed by atoms with Crippen LogP contribution in [0.3, 0.4) is 0 Å². The maximum absolute atomic E-state index is 12.7. The van der Waals surface area contributed by atoms with Gasteiger partial charge in [-0.15, -0.1) is 11.3 Å². The molecule has 25 heavy (non-hydrogen) atoms. The zero-order chi connectivity index (χ0) is 18.6. The number of alkyl halides is 2. The molecule has 0 unspecified atom stereocenters. The third-order valence-electron chi connectivity index (χ3n) is 3.53. The summed E-state index contributed by atoms with van der Waals surface area (Å²) in [7, 11) is 1.72. The lowest BCUT2D eigenvalue weighted by Gasteiger charge is -2.17. The number of carbonyl (C=O) groups excluding carboxylic acids is 1. The molecular weight excluding hydrogens is 346 g/mol. The summed E-state index contributed by atoms with van der Waals surface area (Å²) in [5.74, 6) is 0.502. The molecule has 1 aromatic heterocycles. The Morgan fingerprint density at radius 1 is 1.28 bits per heavy atom. The molecule has 2 aromatic rings. The molecule has 1 aromatic carbocycles. The maximum atomic E-state index is 12.7. The van der Waals surface area contributed by atoms with E-state index in [9.17, 15) is 13.6 Å². The van der Waals surface area contributed by atoms with Gasteiger partial charge in [-0.2, -0.15) is 8.78 Å². The van der Waals surface area contributed by atoms with Gasteiger partial charge in [-0.1, -0.05) is 26.0 Å². The fourth-order valence-electron chi connectivity index (χ4n) is 2.38. The Kier molecular flexibility index (Phi) is 6.47. The Morgan fingerprint density at radius 2 is 1.92 bits per heavy atom. The van der Waals surface area contributed by atoms with Crippen LogP contribution in [0.2, 0.25) is 0 Å². The lowest BCUT2D eigenvalue weighted by Crippen LogP contribution is -2.26. The molecule has 0 aliphatic heterocycles. The standard InChI is InChI=1S/C18H22F2N2O2S/c1-11(2)9-15-21-12(3)16(25-15)17(23)22(4)10-13-5-7-14(8-6-13)24-18(19)20/h5-8,11,18H,9-10H2,1-4H3. The molecule has 0 atom stereocenters. The van der Waals surface area contributed by atoms with Crippen LogP contribution < -0.4 is 4.74 Å². The number of amides is 1. The van der Waals surface area contributed by atoms with Gasteiger partial charge >= 0.3 is 6.61 Å². The quantitative estimate of drug-likeness (QED) is 0.721. The number of rotatable bonds is 7. The maximum Gasteiger partial charge on any atom is 0.387 e. The van der Waals surface area contributed by atoms with Crippen molar-refractivity contribution in [1.82, 2.24) is 9.88 Å². The van der Waals surface area contributed by atoms with Gasteiger partial charge in [0.15, 0.2) is 0 Å². The van der Waals surface area contributed by atoms with Crippen LogP contribution in [0.4, 0.5) is 8.78 Å². The van der Waals surface area contributed by atoms with Gasteiger partial charge in [0.05, 0.1) is 10.7 Å². The molecule has 2 rings (SSSR count). The van der Waals surface area contributed by atoms with E-state index in [1.807, 2.05) is 6.92 Å². The zero-order valence-corrected chi connectivity index (χ0v) is 15.6. The number of halogens is 2. The number of benzene rings is 1. The van der Waals surface area contributed by atoms with Crippen LogP contribution in [0, 0.1) is 12.8 Å². The molecule has 0 aliphatic rings. The van der Waals surface area contributed by atoms with Crippen molar-refractivity contribution in [3.8, 4) is 5.75 Å². The Labute approximate surface area is 150 Å². The average Bonchev–Trinajstić information content (AvgIpc) is 2.87. The number of ether oxygens (including phenoxy) is 1. The second kappa shape index (κ2) is 8.38. The van der Waals surface area contributed by atoms with Crippen LogP contribution in [-0.2, 0) is 13.0 Å². The first-order valence-corrected chi connectivity index (χ1v) is 8.83. The molecule has 0 N–H and O–H groups in total. The summed E-state index contributed by atoms with van der Waals surface area (Å²) in [6.07, 6.45) is 0.855. The van der Waals surface area contributed by atoms with Crippen molar-refractivity contribution in [3.05, 3.63) is 45.4 Å². The summed E-state index contributed by atoms with van der Waals surface area (Å²) in [6.45, 7) is 3.62. The highest BCUT2D eigenvalue weighted by molar-refractivity contribution is 7.13. The molecule has 0 saturated heterocycles. The summed E-state index contributed by atoms with van der Waals surface area (Å²) in [6, 6.07) is 6.29. The van der Waals surface area contributed by atoms with Crippen molar-refractivity contribution < 1.29 is 18.3 Å². The third-order valence-corrected chi connectivity index (χ3v) is 4.70. The normalized spacial score (nSPS) is 11.2. The largest absolute Gasteiger partial charge is 0.435 e. The average molecular weight is 368 g/mol. The summed E-state index contributed by atoms with van der Waals surface area (Å²) in [5, 5.41) is 0.970. The predicted octanol–water partition coefficient (Wildman–Crippen LogP) is 4.52. The van der Waals surface area contributed by atoms with E-state index in [4.69, 9.17) is 0 Å². The van der Waals surface area contributed by atoms with Crippen molar-refractivity contribution in [2.75, 3.05) is 7.05 Å². The summed E-state index contributed by atoms with van der Waals surface area (Å²) in [5.41, 5.74) is 1.58. The summed E-state index contributed by atoms with van der Waals surface area (Å²) in [4.78, 5) is 19.4. The van der Waals surface area contributed by atoms with Crippen LogP contribution in [0.1, 0.15) is 39.8 Å². The van der Waals surface area contributed by atoms with Crippen LogP contribution >= 0.6 is 11.3 Å². The molecule has 1 heterocycles. The smallest absolute Gasteiger partial charge is 0.387 e. The highest BCUT2D eigenvalue weighted by Crippen LogP contribution is 2.23. The molecular formula is C18H22F2N2O2S. The predicted molar refractivity (Wildman–Crippen MR) is 94.3 cm³/mol. The first kappa shape index (κ1) is 19.3. The van der Waals surface area contributed by atoms with Gasteiger partial charge in [0.25, 0.3) is 5.91 Å². The van der Waals surface area contributed by atoms with Gasteiger partial charge in [0.1, 0.15) is 10.6 Å². The zero-order valence-electron chi connectivity index (χ0n) is 14.8. The van der Waals surface area contributed by atoms with Gasteiger partial charge in [0, 0.05) is 20.0 Å². The SMILES string of the molecule is Cc1nc(CC(C)C)sc1C(=O)N(C)Cc1ccc(OC(F)F)cc1. The molecule has 0 spiro atoms. The Morgan fingerprint density at radius 3 is 2.48 bits per heavy atom. The van der Waals surface area contributed by atoms with E-state index < -0.39 is 6.61 Å². The minimum absolute atomic E-state index is 0.0853. The molecule has 0 bridgehead atoms. The summed E-state index contributed by atoms with van der Waals surface area (Å²) < 4.78 is 28.6. The second-order valence-electron chi connectivity index (χ2n) is 6.30. The third kappa shape index (κ3) is 5.49. The van der Waals surface area contributed by atoms with E-state index in [1.54, 1.807) is 24.1 Å². The Hall–Kier alpha value is -2.02. The molecule has 4 nitrogen and oxygen atoms in total. The first-order valence-electron chi connectivity index (χ1n) is 8.01. The van der Waals surface area contributed by atoms with Crippen molar-refractivity contribution >= 4 is 17.2 Å². The number of hydrogen-bond donors (Lipinski definition) is 0. The highest BCUT2D eigenvalue weighted by Gasteiger charge is 2.19. The minimum Gasteiger partial charge on any atom is -0.435 e. The first-order chi connectivity index (χ1) is 11.8.